The highest BCUT2D eigenvalue weighted by Crippen LogP contribution is 2.41. The molecule has 3 unspecified atom stereocenters. The van der Waals surface area contributed by atoms with E-state index in [2.05, 4.69) is 4.98 Å². The molecule has 0 saturated carbocycles. The number of alkyl halides is 5. The molecular weight excluding hydrogens is 1600 g/mol. The molecule has 620 valence electrons. The summed E-state index contributed by atoms with van der Waals surface area (Å²) in [4.78, 5) is 96.9. The fourth-order valence-corrected chi connectivity index (χ4v) is 21.3. The molecule has 2 N–H and O–H groups in total. The van der Waals surface area contributed by atoms with E-state index < -0.39 is 110 Å². The van der Waals surface area contributed by atoms with Crippen molar-refractivity contribution in [3.8, 4) is 34.4 Å². The number of sulfone groups is 3. The number of carbonyl (C=O) groups is 4. The van der Waals surface area contributed by atoms with Crippen molar-refractivity contribution in [2.75, 3.05) is 34.5 Å². The van der Waals surface area contributed by atoms with Crippen molar-refractivity contribution in [1.29, 1.82) is 0 Å². The monoisotopic (exact) mass is 1680 g/mol. The Morgan fingerprint density at radius 1 is 0.491 bits per heavy atom. The van der Waals surface area contributed by atoms with Gasteiger partial charge in [0.1, 0.15) is 58.6 Å². The Bertz CT molecular complexity index is 6130. The molecule has 6 aromatic carbocycles. The van der Waals surface area contributed by atoms with E-state index in [4.69, 9.17) is 19.9 Å². The van der Waals surface area contributed by atoms with Gasteiger partial charge in [-0.25, -0.2) is 75.2 Å². The standard InChI is InChI=1S/C29H29FN2O7S2.C26H30F3N3O5S.C26H30FN3O6S/c1-20(30)39-23-8-6-7-22(18-23)31-25-12-11-21(27(33)19-29(2)13-15-40(35,36)16-14-29)17-26(25)32(28(31)34)41(37,38)24-9-4-3-5-10-24;1-16(2)31-20-13-17(21(33)15-25(3)8-11-38(35,36)12-9-25)5-6-19(20)32(24(31)34)22-14-18(7-10-30-22)37-26(4,29)23(27)28;1-16(24(28)32)29-22-13-18(23(31)15-26(3)9-11-37(34,35)12-10-26)7-8-21(22)30(25(29)33)19-5-4-6-20(14-19)36-17(2)27/h3-12,17-18,20H,13-16,19H2,1-2H3;5-7,10,13-14,16,23H,8-9,11-12,15H2,1-4H3;4-8,13-14,16-17H,9-12,15H2,1-3H3,(H2,28,32)/t;;16-,17?/m..0/s1. The Morgan fingerprint density at radius 2 is 0.879 bits per heavy atom. The number of nitrogens with two attached hydrogens (primary N) is 1. The van der Waals surface area contributed by atoms with Gasteiger partial charge in [0.25, 0.3) is 10.0 Å². The van der Waals surface area contributed by atoms with Crippen LogP contribution in [0.4, 0.5) is 22.0 Å². The number of ether oxygens (including phenoxy) is 3. The largest absolute Gasteiger partial charge is 0.461 e. The molecule has 4 aromatic heterocycles. The van der Waals surface area contributed by atoms with Crippen LogP contribution in [0.1, 0.15) is 163 Å². The zero-order chi connectivity index (χ0) is 84.7. The Labute approximate surface area is 665 Å². The number of nitrogens with zero attached hydrogens (tertiary/aromatic N) is 7. The van der Waals surface area contributed by atoms with Crippen LogP contribution in [0.2, 0.25) is 0 Å². The molecule has 3 fully saturated rings. The number of hydrogen-bond acceptors (Lipinski definition) is 19. The molecule has 26 nitrogen and oxygen atoms in total. The third-order valence-corrected chi connectivity index (χ3v) is 28.0. The lowest BCUT2D eigenvalue weighted by atomic mass is 9.78. The van der Waals surface area contributed by atoms with Gasteiger partial charge < -0.3 is 19.9 Å². The number of fused-ring (bicyclic) bond motifs is 3. The molecule has 0 bridgehead atoms. The Morgan fingerprint density at radius 3 is 1.28 bits per heavy atom. The molecule has 1 amide bonds. The van der Waals surface area contributed by atoms with Crippen LogP contribution in [0.25, 0.3) is 50.3 Å². The fourth-order valence-electron chi connectivity index (χ4n) is 14.5. The molecule has 13 rings (SSSR count). The molecule has 0 radical (unpaired) electrons. The molecule has 7 heterocycles. The molecule has 10 aromatic rings. The topological polar surface area (TPSA) is 352 Å². The van der Waals surface area contributed by atoms with Gasteiger partial charge in [0.05, 0.1) is 83.9 Å². The first-order chi connectivity index (χ1) is 54.2. The van der Waals surface area contributed by atoms with Gasteiger partial charge in [0.15, 0.2) is 17.3 Å². The van der Waals surface area contributed by atoms with Crippen molar-refractivity contribution in [3.63, 3.8) is 0 Å². The van der Waals surface area contributed by atoms with Gasteiger partial charge in [-0.15, -0.1) is 0 Å². The number of pyridine rings is 1. The van der Waals surface area contributed by atoms with Crippen LogP contribution in [0, 0.1) is 16.2 Å². The molecule has 3 aliphatic heterocycles. The molecule has 116 heavy (non-hydrogen) atoms. The highest BCUT2D eigenvalue weighted by molar-refractivity contribution is 7.92. The summed E-state index contributed by atoms with van der Waals surface area (Å²) in [6.07, 6.45) is -2.60. The van der Waals surface area contributed by atoms with Crippen LogP contribution in [-0.2, 0) is 44.3 Å². The van der Waals surface area contributed by atoms with Crippen molar-refractivity contribution >= 4 is 95.9 Å². The van der Waals surface area contributed by atoms with Gasteiger partial charge in [-0.2, -0.15) is 8.36 Å². The van der Waals surface area contributed by atoms with Gasteiger partial charge in [-0.1, -0.05) is 51.1 Å². The minimum Gasteiger partial charge on any atom is -0.461 e. The first kappa shape index (κ1) is 86.5. The first-order valence-corrected chi connectivity index (χ1v) is 44.2. The maximum atomic E-state index is 14.1. The molecule has 35 heteroatoms. The molecule has 3 saturated heterocycles. The number of halogens is 5. The number of Topliss-reactive ketones (excluding diaryl/α,β-unsaturated/α-hetero) is 3. The average Bonchev–Trinajstić information content (AvgIpc) is 1.56. The smallest absolute Gasteiger partial charge is 0.347 e. The Balaban J connectivity index is 0.000000171. The minimum atomic E-state index is -4.39. The quantitative estimate of drug-likeness (QED) is 0.0434. The summed E-state index contributed by atoms with van der Waals surface area (Å²) >= 11 is 0. The third-order valence-electron chi connectivity index (χ3n) is 21.4. The first-order valence-electron chi connectivity index (χ1n) is 37.3. The zero-order valence-electron chi connectivity index (χ0n) is 65.0. The highest BCUT2D eigenvalue weighted by atomic mass is 32.2. The summed E-state index contributed by atoms with van der Waals surface area (Å²) in [5, 5.41) is 0. The second-order valence-electron chi connectivity index (χ2n) is 31.2. The number of primary amides is 1. The predicted octanol–water partition coefficient (Wildman–Crippen LogP) is 12.7. The summed E-state index contributed by atoms with van der Waals surface area (Å²) in [5.74, 6) is -4.17. The van der Waals surface area contributed by atoms with E-state index in [0.717, 1.165) is 0 Å². The van der Waals surface area contributed by atoms with Crippen molar-refractivity contribution in [1.82, 2.24) is 31.8 Å². The number of aromatic nitrogens is 7. The number of ketones is 3. The SMILES string of the molecule is CC(C)n1c(=O)n(-c2cc(OC(C)(F)C(F)F)ccn2)c2ccc(C(=O)CC3(C)CCS(=O)(=O)CC3)cc21.CC(F)Oc1cccc(-n2c(=O)n(S(=O)(=O)c3ccccc3)c3cc(C(=O)CC4(C)CCS(=O)(=O)CC4)ccc32)c1.CC(F)Oc1cccc(-n2c(=O)n([C@@H](C)C(N)=O)c3cc(C(=O)CC4(C)CCS(=O)(=O)CC4)ccc32)c1. The lowest BCUT2D eigenvalue weighted by molar-refractivity contribution is -0.152. The van der Waals surface area contributed by atoms with E-state index >= 15 is 0 Å². The van der Waals surface area contributed by atoms with Crippen LogP contribution in [0.3, 0.4) is 0 Å². The Kier molecular flexibility index (Phi) is 24.8. The van der Waals surface area contributed by atoms with Crippen molar-refractivity contribution < 1.29 is 89.0 Å². The van der Waals surface area contributed by atoms with Crippen LogP contribution in [-0.4, -0.2) is 148 Å². The summed E-state index contributed by atoms with van der Waals surface area (Å²) in [6, 6.07) is 34.9. The van der Waals surface area contributed by atoms with Gasteiger partial charge in [-0.05, 0) is 173 Å². The van der Waals surface area contributed by atoms with Gasteiger partial charge in [-0.3, -0.25) is 37.4 Å². The van der Waals surface area contributed by atoms with Gasteiger partial charge >= 0.3 is 29.3 Å². The molecule has 0 spiro atoms. The summed E-state index contributed by atoms with van der Waals surface area (Å²) < 4.78 is 188. The maximum absolute atomic E-state index is 14.1. The Hall–Kier alpha value is -10.4. The number of benzene rings is 6. The van der Waals surface area contributed by atoms with Crippen molar-refractivity contribution in [3.05, 3.63) is 200 Å². The zero-order valence-corrected chi connectivity index (χ0v) is 68.3. The van der Waals surface area contributed by atoms with Crippen LogP contribution in [0.15, 0.2) is 171 Å². The van der Waals surface area contributed by atoms with Gasteiger partial charge in [0.2, 0.25) is 18.6 Å². The second kappa shape index (κ2) is 33.3. The number of rotatable bonds is 24. The van der Waals surface area contributed by atoms with Crippen LogP contribution < -0.4 is 37.0 Å². The van der Waals surface area contributed by atoms with Crippen LogP contribution in [0.5, 0.6) is 17.2 Å². The maximum Gasteiger partial charge on any atom is 0.347 e. The predicted molar refractivity (Wildman–Crippen MR) is 427 cm³/mol. The van der Waals surface area contributed by atoms with E-state index in [0.29, 0.717) is 88.3 Å². The molecule has 3 aliphatic rings. The minimum absolute atomic E-state index is 0.00809. The summed E-state index contributed by atoms with van der Waals surface area (Å²) in [7, 11) is -13.7. The highest BCUT2D eigenvalue weighted by Gasteiger charge is 2.41. The van der Waals surface area contributed by atoms with E-state index in [1.807, 2.05) is 20.8 Å². The second-order valence-corrected chi connectivity index (χ2v) is 39.9. The summed E-state index contributed by atoms with van der Waals surface area (Å²) in [5.41, 5.74) is 5.59. The number of amides is 1. The lowest BCUT2D eigenvalue weighted by Gasteiger charge is -2.32. The number of hydrogen-bond donors (Lipinski definition) is 1. The molecule has 4 atom stereocenters. The van der Waals surface area contributed by atoms with Crippen molar-refractivity contribution in [2.45, 2.75) is 162 Å². The normalized spacial score (nSPS) is 18.0. The summed E-state index contributed by atoms with van der Waals surface area (Å²) in [6.45, 7) is 13.9. The van der Waals surface area contributed by atoms with E-state index in [1.165, 1.54) is 123 Å². The van der Waals surface area contributed by atoms with E-state index in [9.17, 15) is 89.2 Å². The fraction of sp³-hybridized carbons (Fsp3) is 0.407. The lowest BCUT2D eigenvalue weighted by Crippen LogP contribution is -2.35. The van der Waals surface area contributed by atoms with Crippen molar-refractivity contribution in [2.24, 2.45) is 22.0 Å². The third kappa shape index (κ3) is 19.2. The molecule has 0 aliphatic carbocycles. The number of carbonyl (C=O) groups excluding carboxylic acids is 4. The van der Waals surface area contributed by atoms with E-state index in [-0.39, 0.29) is 127 Å². The van der Waals surface area contributed by atoms with Crippen LogP contribution >= 0.6 is 0 Å². The van der Waals surface area contributed by atoms with E-state index in [1.54, 1.807) is 86.6 Å². The molecular formula is C81H89F5N8O18S4. The average molecular weight is 1690 g/mol. The van der Waals surface area contributed by atoms with Gasteiger partial charge in [0, 0.05) is 87.2 Å². The number of imidazole rings is 3.